The number of likely N-dealkylation sites (N-methyl/N-ethyl adjacent to an activating group) is 1. The van der Waals surface area contributed by atoms with Crippen molar-refractivity contribution in [2.24, 2.45) is 0 Å². The molecule has 14 heteroatoms. The predicted octanol–water partition coefficient (Wildman–Crippen LogP) is 5.14. The number of carbonyl (C=O) groups is 2. The third kappa shape index (κ3) is 4.65. The molecule has 2 saturated heterocycles. The maximum atomic E-state index is 15.0. The summed E-state index contributed by atoms with van der Waals surface area (Å²) in [4.78, 5) is 36.0. The van der Waals surface area contributed by atoms with Crippen LogP contribution in [0.5, 0.6) is 28.7 Å². The number of nitrogens with zero attached hydrogens (tertiary/aromatic N) is 3. The van der Waals surface area contributed by atoms with Gasteiger partial charge in [-0.15, -0.1) is 11.8 Å². The van der Waals surface area contributed by atoms with Gasteiger partial charge in [0.15, 0.2) is 28.5 Å². The average Bonchev–Trinajstić information content (AvgIpc) is 3.81. The zero-order valence-electron chi connectivity index (χ0n) is 32.0. The number of benzene rings is 3. The second-order valence-corrected chi connectivity index (χ2v) is 17.1. The van der Waals surface area contributed by atoms with Crippen molar-refractivity contribution < 1.29 is 38.4 Å². The van der Waals surface area contributed by atoms with Crippen LogP contribution in [0.4, 0.5) is 0 Å². The molecule has 56 heavy (non-hydrogen) atoms. The third-order valence-corrected chi connectivity index (χ3v) is 14.5. The second-order valence-electron chi connectivity index (χ2n) is 16.0. The van der Waals surface area contributed by atoms with Gasteiger partial charge in [0.2, 0.25) is 6.79 Å². The van der Waals surface area contributed by atoms with Crippen molar-refractivity contribution in [2.75, 3.05) is 33.3 Å². The normalized spacial score (nSPS) is 30.2. The van der Waals surface area contributed by atoms with Gasteiger partial charge in [-0.3, -0.25) is 19.9 Å². The number of rotatable bonds is 2. The zero-order valence-corrected chi connectivity index (χ0v) is 32.8. The number of aromatic hydroxyl groups is 1. The maximum absolute atomic E-state index is 15.0. The molecule has 0 saturated carbocycles. The quantitative estimate of drug-likeness (QED) is 0.182. The molecule has 7 aliphatic rings. The number of carbonyl (C=O) groups excluding carboxylic acids is 2. The zero-order chi connectivity index (χ0) is 38.9. The number of nitrogens with one attached hydrogen (secondary N) is 2. The molecular weight excluding hydrogens is 735 g/mol. The summed E-state index contributed by atoms with van der Waals surface area (Å²) >= 11 is 1.56. The van der Waals surface area contributed by atoms with E-state index in [1.54, 1.807) is 18.9 Å². The van der Waals surface area contributed by atoms with Crippen LogP contribution in [-0.4, -0.2) is 89.3 Å². The van der Waals surface area contributed by atoms with Gasteiger partial charge < -0.3 is 33.8 Å². The highest BCUT2D eigenvalue weighted by atomic mass is 32.2. The minimum absolute atomic E-state index is 0.0377. The van der Waals surface area contributed by atoms with Crippen LogP contribution in [0.3, 0.4) is 0 Å². The van der Waals surface area contributed by atoms with E-state index in [0.29, 0.717) is 40.5 Å². The first-order valence-corrected chi connectivity index (χ1v) is 20.1. The van der Waals surface area contributed by atoms with E-state index >= 15 is 0 Å². The SMILES string of the molecule is COc1c(C)cc2c(c1O)[C@H]1[C@@H]3[C@@H]4SC[C@]5(N[C@H](C)Cc6c5[nH]c5ccccc65)C(=O)OC[C@@H](c5c6c(c(C)c(OC(C)=O)c54)OCO6)N3[C@@H](C#N)[C@H](C2)N1C. The number of fused-ring (bicyclic) bond motifs is 11. The molecule has 0 amide bonds. The molecule has 8 atom stereocenters. The van der Waals surface area contributed by atoms with Crippen LogP contribution in [0.2, 0.25) is 0 Å². The number of phenols is 1. The van der Waals surface area contributed by atoms with Crippen molar-refractivity contribution in [2.45, 2.75) is 87.6 Å². The fourth-order valence-electron chi connectivity index (χ4n) is 10.9. The summed E-state index contributed by atoms with van der Waals surface area (Å²) in [6.45, 7) is 7.08. The van der Waals surface area contributed by atoms with Crippen LogP contribution in [-0.2, 0) is 32.7 Å². The highest BCUT2D eigenvalue weighted by Crippen LogP contribution is 2.64. The second kappa shape index (κ2) is 12.5. The molecule has 13 nitrogen and oxygen atoms in total. The Morgan fingerprint density at radius 3 is 2.66 bits per heavy atom. The molecule has 3 aromatic carbocycles. The Balaban J connectivity index is 1.26. The molecule has 0 aliphatic carbocycles. The fourth-order valence-corrected chi connectivity index (χ4v) is 12.6. The largest absolute Gasteiger partial charge is 0.504 e. The van der Waals surface area contributed by atoms with Crippen LogP contribution < -0.4 is 24.3 Å². The van der Waals surface area contributed by atoms with Crippen LogP contribution in [0.1, 0.15) is 75.8 Å². The number of hydrogen-bond acceptors (Lipinski definition) is 13. The highest BCUT2D eigenvalue weighted by molar-refractivity contribution is 7.99. The molecule has 8 heterocycles. The molecule has 0 unspecified atom stereocenters. The number of aromatic amines is 1. The smallest absolute Gasteiger partial charge is 0.333 e. The lowest BCUT2D eigenvalue weighted by atomic mass is 9.71. The number of hydrogen-bond donors (Lipinski definition) is 3. The van der Waals surface area contributed by atoms with Gasteiger partial charge in [0, 0.05) is 64.0 Å². The number of para-hydroxylation sites is 1. The van der Waals surface area contributed by atoms with E-state index in [1.807, 2.05) is 39.1 Å². The van der Waals surface area contributed by atoms with Crippen molar-refractivity contribution in [3.8, 4) is 34.8 Å². The number of methoxy groups -OCH3 is 1. The summed E-state index contributed by atoms with van der Waals surface area (Å²) in [6.07, 6.45) is 1.23. The number of phenolic OH excluding ortho intramolecular Hbond substituents is 1. The average molecular weight is 778 g/mol. The molecule has 1 aromatic heterocycles. The van der Waals surface area contributed by atoms with Crippen molar-refractivity contribution in [1.29, 1.82) is 5.26 Å². The summed E-state index contributed by atoms with van der Waals surface area (Å²) in [6, 6.07) is 10.2. The topological polar surface area (TPSA) is 159 Å². The predicted molar refractivity (Wildman–Crippen MR) is 206 cm³/mol. The van der Waals surface area contributed by atoms with E-state index in [0.717, 1.165) is 50.8 Å². The number of aryl methyl sites for hydroxylation is 1. The van der Waals surface area contributed by atoms with Crippen LogP contribution in [0, 0.1) is 25.2 Å². The fraction of sp³-hybridized carbons (Fsp3) is 0.452. The van der Waals surface area contributed by atoms with E-state index < -0.39 is 46.9 Å². The van der Waals surface area contributed by atoms with E-state index in [9.17, 15) is 20.0 Å². The van der Waals surface area contributed by atoms with E-state index in [4.69, 9.17) is 23.7 Å². The lowest BCUT2D eigenvalue weighted by molar-refractivity contribution is -0.158. The third-order valence-electron chi connectivity index (χ3n) is 13.0. The Kier molecular flexibility index (Phi) is 7.94. The van der Waals surface area contributed by atoms with Crippen LogP contribution >= 0.6 is 11.8 Å². The Bertz CT molecular complexity index is 2430. The number of aromatic nitrogens is 1. The standard InChI is InChI=1S/C42H43N5O8S/c1-18-11-22-13-26-27(14-43)47-28-15-52-41(50)42(40-24(12-19(2)45-42)23-9-7-8-10-25(23)44-40)16-56-39(33(47)32(46(26)5)29(22)34(49)35(18)51-6)31-30(28)38-37(53-17-54-38)20(3)36(31)55-21(4)48/h7-11,19,26-28,32-33,39,44-45,49H,12-13,15-17H2,1-6H3/t19-,26+,27+,28+,32+,33-,39-,42-/m1/s1. The minimum atomic E-state index is -1.27. The number of esters is 2. The van der Waals surface area contributed by atoms with Crippen molar-refractivity contribution in [3.05, 3.63) is 75.0 Å². The van der Waals surface area contributed by atoms with Gasteiger partial charge >= 0.3 is 11.9 Å². The van der Waals surface area contributed by atoms with E-state index in [-0.39, 0.29) is 37.0 Å². The minimum Gasteiger partial charge on any atom is -0.504 e. The van der Waals surface area contributed by atoms with Crippen molar-refractivity contribution in [1.82, 2.24) is 20.1 Å². The first-order valence-electron chi connectivity index (χ1n) is 19.1. The van der Waals surface area contributed by atoms with Gasteiger partial charge in [-0.05, 0) is 63.4 Å². The van der Waals surface area contributed by atoms with Crippen LogP contribution in [0.15, 0.2) is 30.3 Å². The molecule has 4 aromatic rings. The number of H-pyrrole nitrogens is 1. The van der Waals surface area contributed by atoms with Crippen molar-refractivity contribution in [3.63, 3.8) is 0 Å². The van der Waals surface area contributed by atoms with Gasteiger partial charge in [0.1, 0.15) is 18.4 Å². The Labute approximate surface area is 328 Å². The van der Waals surface area contributed by atoms with Gasteiger partial charge in [0.25, 0.3) is 0 Å². The molecule has 0 radical (unpaired) electrons. The van der Waals surface area contributed by atoms with Crippen LogP contribution in [0.25, 0.3) is 10.9 Å². The van der Waals surface area contributed by atoms with E-state index in [1.165, 1.54) is 6.92 Å². The number of piperazine rings is 1. The first-order chi connectivity index (χ1) is 27.0. The first kappa shape index (κ1) is 35.5. The lowest BCUT2D eigenvalue weighted by Crippen LogP contribution is -2.69. The summed E-state index contributed by atoms with van der Waals surface area (Å²) in [5, 5.41) is 27.5. The summed E-state index contributed by atoms with van der Waals surface area (Å²) in [5.41, 5.74) is 6.08. The number of ether oxygens (including phenoxy) is 5. The number of nitriles is 1. The Hall–Kier alpha value is -4.94. The summed E-state index contributed by atoms with van der Waals surface area (Å²) < 4.78 is 30.8. The number of thioether (sulfide) groups is 1. The van der Waals surface area contributed by atoms with Gasteiger partial charge in [-0.25, -0.2) is 4.79 Å². The monoisotopic (exact) mass is 777 g/mol. The van der Waals surface area contributed by atoms with Gasteiger partial charge in [0.05, 0.1) is 36.2 Å². The summed E-state index contributed by atoms with van der Waals surface area (Å²) in [5.74, 6) is 1.13. The molecule has 1 spiro atoms. The maximum Gasteiger partial charge on any atom is 0.333 e. The molecule has 3 N–H and O–H groups in total. The highest BCUT2D eigenvalue weighted by Gasteiger charge is 2.62. The molecule has 2 fully saturated rings. The molecule has 11 rings (SSSR count). The lowest BCUT2D eigenvalue weighted by Gasteiger charge is -2.62. The molecule has 290 valence electrons. The van der Waals surface area contributed by atoms with E-state index in [2.05, 4.69) is 45.2 Å². The molecule has 7 aliphatic heterocycles. The van der Waals surface area contributed by atoms with Crippen molar-refractivity contribution >= 4 is 34.6 Å². The molecule has 4 bridgehead atoms. The van der Waals surface area contributed by atoms with Gasteiger partial charge in [-0.2, -0.15) is 5.26 Å². The Morgan fingerprint density at radius 1 is 1.11 bits per heavy atom. The summed E-state index contributed by atoms with van der Waals surface area (Å²) in [7, 11) is 3.58. The Morgan fingerprint density at radius 2 is 1.89 bits per heavy atom. The molecular formula is C42H43N5O8S. The van der Waals surface area contributed by atoms with Gasteiger partial charge in [-0.1, -0.05) is 24.3 Å².